The highest BCUT2D eigenvalue weighted by Crippen LogP contribution is 2.13. The maximum Gasteiger partial charge on any atom is 0.0826 e. The molecule has 1 rings (SSSR count). The van der Waals surface area contributed by atoms with Gasteiger partial charge in [0, 0.05) is 32.2 Å². The maximum absolute atomic E-state index is 10.2. The molecule has 0 aromatic carbocycles. The van der Waals surface area contributed by atoms with Crippen LogP contribution in [0.3, 0.4) is 0 Å². The Morgan fingerprint density at radius 3 is 2.61 bits per heavy atom. The van der Waals surface area contributed by atoms with Crippen LogP contribution in [0.25, 0.3) is 0 Å². The summed E-state index contributed by atoms with van der Waals surface area (Å²) in [6.45, 7) is 12.8. The lowest BCUT2D eigenvalue weighted by molar-refractivity contribution is -0.0407. The minimum absolute atomic E-state index is 0.249. The van der Waals surface area contributed by atoms with Gasteiger partial charge in [0.2, 0.25) is 0 Å². The summed E-state index contributed by atoms with van der Waals surface area (Å²) in [6.07, 6.45) is 1.83. The molecule has 1 unspecified atom stereocenters. The van der Waals surface area contributed by atoms with E-state index >= 15 is 0 Å². The Kier molecular flexibility index (Phi) is 6.57. The Balaban J connectivity index is 2.27. The SMILES string of the molecule is CCC(O)(CC)CNCC1CN(C(C)C)CCO1. The van der Waals surface area contributed by atoms with Crippen molar-refractivity contribution in [1.82, 2.24) is 10.2 Å². The lowest BCUT2D eigenvalue weighted by Crippen LogP contribution is -2.50. The lowest BCUT2D eigenvalue weighted by atomic mass is 9.97. The van der Waals surface area contributed by atoms with Gasteiger partial charge < -0.3 is 15.2 Å². The molecular weight excluding hydrogens is 228 g/mol. The van der Waals surface area contributed by atoms with Crippen LogP contribution >= 0.6 is 0 Å². The molecule has 1 saturated heterocycles. The van der Waals surface area contributed by atoms with Crippen LogP contribution in [0.15, 0.2) is 0 Å². The van der Waals surface area contributed by atoms with E-state index in [0.717, 1.165) is 39.1 Å². The molecule has 0 aromatic rings. The average Bonchev–Trinajstić information content (AvgIpc) is 2.39. The molecule has 4 heteroatoms. The third-order valence-corrected chi connectivity index (χ3v) is 4.04. The summed E-state index contributed by atoms with van der Waals surface area (Å²) < 4.78 is 5.75. The monoisotopic (exact) mass is 258 g/mol. The minimum atomic E-state index is -0.563. The Labute approximate surface area is 112 Å². The van der Waals surface area contributed by atoms with Crippen molar-refractivity contribution in [3.05, 3.63) is 0 Å². The van der Waals surface area contributed by atoms with Gasteiger partial charge in [-0.1, -0.05) is 13.8 Å². The smallest absolute Gasteiger partial charge is 0.0826 e. The highest BCUT2D eigenvalue weighted by Gasteiger charge is 2.24. The Morgan fingerprint density at radius 2 is 2.06 bits per heavy atom. The molecule has 1 fully saturated rings. The molecule has 1 atom stereocenters. The normalized spacial score (nSPS) is 22.7. The van der Waals surface area contributed by atoms with Crippen LogP contribution in [-0.2, 0) is 4.74 Å². The van der Waals surface area contributed by atoms with E-state index in [1.165, 1.54) is 0 Å². The van der Waals surface area contributed by atoms with Crippen LogP contribution in [0.5, 0.6) is 0 Å². The Bertz CT molecular complexity index is 230. The summed E-state index contributed by atoms with van der Waals surface area (Å²) in [4.78, 5) is 2.45. The molecule has 2 N–H and O–H groups in total. The van der Waals surface area contributed by atoms with Crippen molar-refractivity contribution in [2.45, 2.75) is 58.3 Å². The third kappa shape index (κ3) is 4.84. The van der Waals surface area contributed by atoms with Gasteiger partial charge in [0.25, 0.3) is 0 Å². The predicted octanol–water partition coefficient (Wildman–Crippen LogP) is 1.24. The number of rotatable bonds is 7. The largest absolute Gasteiger partial charge is 0.389 e. The first-order valence-corrected chi connectivity index (χ1v) is 7.29. The van der Waals surface area contributed by atoms with Crippen molar-refractivity contribution in [3.63, 3.8) is 0 Å². The quantitative estimate of drug-likeness (QED) is 0.721. The number of morpholine rings is 1. The van der Waals surface area contributed by atoms with Crippen molar-refractivity contribution in [1.29, 1.82) is 0 Å². The summed E-state index contributed by atoms with van der Waals surface area (Å²) in [7, 11) is 0. The number of nitrogens with zero attached hydrogens (tertiary/aromatic N) is 1. The van der Waals surface area contributed by atoms with Crippen molar-refractivity contribution >= 4 is 0 Å². The molecule has 18 heavy (non-hydrogen) atoms. The lowest BCUT2D eigenvalue weighted by Gasteiger charge is -2.36. The van der Waals surface area contributed by atoms with Crippen LogP contribution in [0.4, 0.5) is 0 Å². The van der Waals surface area contributed by atoms with Gasteiger partial charge in [-0.05, 0) is 26.7 Å². The molecule has 0 spiro atoms. The number of nitrogens with one attached hydrogen (secondary N) is 1. The van der Waals surface area contributed by atoms with E-state index < -0.39 is 5.60 Å². The topological polar surface area (TPSA) is 44.7 Å². The second kappa shape index (κ2) is 7.43. The van der Waals surface area contributed by atoms with Gasteiger partial charge in [0.1, 0.15) is 0 Å². The molecule has 0 amide bonds. The predicted molar refractivity (Wildman–Crippen MR) is 74.9 cm³/mol. The van der Waals surface area contributed by atoms with E-state index in [9.17, 15) is 5.11 Å². The zero-order chi connectivity index (χ0) is 13.6. The minimum Gasteiger partial charge on any atom is -0.389 e. The highest BCUT2D eigenvalue weighted by atomic mass is 16.5. The van der Waals surface area contributed by atoms with Crippen molar-refractivity contribution in [2.75, 3.05) is 32.8 Å². The Hall–Kier alpha value is -0.160. The molecule has 0 aromatic heterocycles. The fourth-order valence-corrected chi connectivity index (χ4v) is 2.30. The van der Waals surface area contributed by atoms with Crippen LogP contribution in [0, 0.1) is 0 Å². The number of aliphatic hydroxyl groups is 1. The van der Waals surface area contributed by atoms with Gasteiger partial charge in [-0.25, -0.2) is 0 Å². The van der Waals surface area contributed by atoms with E-state index in [1.807, 2.05) is 13.8 Å². The summed E-state index contributed by atoms with van der Waals surface area (Å²) in [5, 5.41) is 13.5. The fourth-order valence-electron chi connectivity index (χ4n) is 2.30. The molecule has 4 nitrogen and oxygen atoms in total. The average molecular weight is 258 g/mol. The molecule has 108 valence electrons. The van der Waals surface area contributed by atoms with E-state index in [0.29, 0.717) is 12.6 Å². The molecular formula is C14H30N2O2. The number of hydrogen-bond donors (Lipinski definition) is 2. The number of hydrogen-bond acceptors (Lipinski definition) is 4. The first-order valence-electron chi connectivity index (χ1n) is 7.29. The molecule has 0 radical (unpaired) electrons. The zero-order valence-electron chi connectivity index (χ0n) is 12.4. The third-order valence-electron chi connectivity index (χ3n) is 4.04. The zero-order valence-corrected chi connectivity index (χ0v) is 12.4. The van der Waals surface area contributed by atoms with Crippen LogP contribution in [-0.4, -0.2) is 60.5 Å². The van der Waals surface area contributed by atoms with Gasteiger partial charge in [0.15, 0.2) is 0 Å². The first kappa shape index (κ1) is 15.9. The van der Waals surface area contributed by atoms with Gasteiger partial charge in [-0.3, -0.25) is 4.90 Å². The maximum atomic E-state index is 10.2. The summed E-state index contributed by atoms with van der Waals surface area (Å²) >= 11 is 0. The van der Waals surface area contributed by atoms with Gasteiger partial charge in [-0.15, -0.1) is 0 Å². The summed E-state index contributed by atoms with van der Waals surface area (Å²) in [5.74, 6) is 0. The van der Waals surface area contributed by atoms with E-state index in [-0.39, 0.29) is 6.10 Å². The van der Waals surface area contributed by atoms with Crippen LogP contribution < -0.4 is 5.32 Å². The second-order valence-corrected chi connectivity index (χ2v) is 5.64. The van der Waals surface area contributed by atoms with E-state index in [4.69, 9.17) is 4.74 Å². The molecule has 1 aliphatic rings. The van der Waals surface area contributed by atoms with Gasteiger partial charge in [-0.2, -0.15) is 0 Å². The van der Waals surface area contributed by atoms with E-state index in [1.54, 1.807) is 0 Å². The molecule has 1 heterocycles. The standard InChI is InChI=1S/C14H30N2O2/c1-5-14(17,6-2)11-15-9-13-10-16(12(3)4)7-8-18-13/h12-13,15,17H,5-11H2,1-4H3. The summed E-state index contributed by atoms with van der Waals surface area (Å²) in [5.41, 5.74) is -0.563. The highest BCUT2D eigenvalue weighted by molar-refractivity contribution is 4.80. The second-order valence-electron chi connectivity index (χ2n) is 5.64. The molecule has 0 aliphatic carbocycles. The molecule has 0 saturated carbocycles. The molecule has 0 bridgehead atoms. The van der Waals surface area contributed by atoms with Crippen LogP contribution in [0.2, 0.25) is 0 Å². The van der Waals surface area contributed by atoms with Crippen molar-refractivity contribution in [3.8, 4) is 0 Å². The van der Waals surface area contributed by atoms with Gasteiger partial charge in [0.05, 0.1) is 18.3 Å². The van der Waals surface area contributed by atoms with Crippen molar-refractivity contribution < 1.29 is 9.84 Å². The van der Waals surface area contributed by atoms with Crippen molar-refractivity contribution in [2.24, 2.45) is 0 Å². The van der Waals surface area contributed by atoms with Crippen LogP contribution in [0.1, 0.15) is 40.5 Å². The molecule has 1 aliphatic heterocycles. The summed E-state index contributed by atoms with van der Waals surface area (Å²) in [6, 6.07) is 0.583. The Morgan fingerprint density at radius 1 is 1.39 bits per heavy atom. The number of ether oxygens (including phenoxy) is 1. The van der Waals surface area contributed by atoms with E-state index in [2.05, 4.69) is 24.1 Å². The first-order chi connectivity index (χ1) is 8.50. The van der Waals surface area contributed by atoms with Gasteiger partial charge >= 0.3 is 0 Å². The fraction of sp³-hybridized carbons (Fsp3) is 1.00.